The van der Waals surface area contributed by atoms with Crippen LogP contribution in [0.4, 0.5) is 0 Å². The van der Waals surface area contributed by atoms with Crippen LogP contribution >= 0.6 is 0 Å². The van der Waals surface area contributed by atoms with Crippen LogP contribution in [0.5, 0.6) is 0 Å². The smallest absolute Gasteiger partial charge is 0.242 e. The first-order chi connectivity index (χ1) is 9.00. The normalized spacial score (nSPS) is 36.0. The molecule has 6 nitrogen and oxygen atoms in total. The number of morpholine rings is 1. The second-order valence-electron chi connectivity index (χ2n) is 5.68. The SMILES string of the molecule is CC1CCC(C(=O)N2CCOCC2C(N)=O)CC1N. The Hall–Kier alpha value is -1.14. The summed E-state index contributed by atoms with van der Waals surface area (Å²) < 4.78 is 5.23. The average molecular weight is 269 g/mol. The van der Waals surface area contributed by atoms with E-state index in [9.17, 15) is 9.59 Å². The van der Waals surface area contributed by atoms with E-state index in [0.29, 0.717) is 25.5 Å². The van der Waals surface area contributed by atoms with Crippen molar-refractivity contribution in [3.63, 3.8) is 0 Å². The van der Waals surface area contributed by atoms with Crippen molar-refractivity contribution < 1.29 is 14.3 Å². The molecule has 2 fully saturated rings. The predicted molar refractivity (Wildman–Crippen MR) is 70.0 cm³/mol. The molecule has 1 saturated heterocycles. The number of rotatable bonds is 2. The first kappa shape index (κ1) is 14.3. The van der Waals surface area contributed by atoms with Crippen LogP contribution in [0.25, 0.3) is 0 Å². The molecule has 1 saturated carbocycles. The van der Waals surface area contributed by atoms with E-state index >= 15 is 0 Å². The van der Waals surface area contributed by atoms with E-state index in [1.165, 1.54) is 0 Å². The van der Waals surface area contributed by atoms with Crippen LogP contribution in [-0.4, -0.2) is 48.6 Å². The lowest BCUT2D eigenvalue weighted by molar-refractivity contribution is -0.151. The molecule has 0 radical (unpaired) electrons. The molecule has 1 aliphatic carbocycles. The highest BCUT2D eigenvalue weighted by Crippen LogP contribution is 2.29. The van der Waals surface area contributed by atoms with Gasteiger partial charge in [-0.3, -0.25) is 9.59 Å². The Bertz CT molecular complexity index is 361. The van der Waals surface area contributed by atoms with Crippen molar-refractivity contribution in [2.45, 2.75) is 38.3 Å². The van der Waals surface area contributed by atoms with E-state index in [0.717, 1.165) is 12.8 Å². The summed E-state index contributed by atoms with van der Waals surface area (Å²) in [6.07, 6.45) is 2.50. The second-order valence-corrected chi connectivity index (χ2v) is 5.68. The summed E-state index contributed by atoms with van der Waals surface area (Å²) in [6.45, 7) is 3.22. The van der Waals surface area contributed by atoms with Crippen molar-refractivity contribution in [1.82, 2.24) is 4.90 Å². The highest BCUT2D eigenvalue weighted by Gasteiger charge is 2.37. The minimum absolute atomic E-state index is 0.00875. The molecule has 2 rings (SSSR count). The topological polar surface area (TPSA) is 98.6 Å². The van der Waals surface area contributed by atoms with Crippen LogP contribution in [0.2, 0.25) is 0 Å². The highest BCUT2D eigenvalue weighted by atomic mass is 16.5. The van der Waals surface area contributed by atoms with Gasteiger partial charge in [-0.05, 0) is 25.2 Å². The third-order valence-corrected chi connectivity index (χ3v) is 4.35. The average Bonchev–Trinajstić information content (AvgIpc) is 2.41. The molecule has 1 heterocycles. The Morgan fingerprint density at radius 1 is 1.32 bits per heavy atom. The molecular weight excluding hydrogens is 246 g/mol. The van der Waals surface area contributed by atoms with Gasteiger partial charge in [0.1, 0.15) is 6.04 Å². The Balaban J connectivity index is 2.03. The summed E-state index contributed by atoms with van der Waals surface area (Å²) in [5.41, 5.74) is 11.4. The summed E-state index contributed by atoms with van der Waals surface area (Å²) in [5.74, 6) is -0.109. The Labute approximate surface area is 113 Å². The second kappa shape index (κ2) is 5.88. The van der Waals surface area contributed by atoms with Crippen LogP contribution < -0.4 is 11.5 Å². The quantitative estimate of drug-likeness (QED) is 0.703. The Kier molecular flexibility index (Phi) is 4.42. The molecule has 108 valence electrons. The standard InChI is InChI=1S/C13H23N3O3/c1-8-2-3-9(6-10(8)14)13(18)16-4-5-19-7-11(16)12(15)17/h8-11H,2-7,14H2,1H3,(H2,15,17). The van der Waals surface area contributed by atoms with Crippen LogP contribution in [0, 0.1) is 11.8 Å². The predicted octanol–water partition coefficient (Wildman–Crippen LogP) is -0.537. The third-order valence-electron chi connectivity index (χ3n) is 4.35. The van der Waals surface area contributed by atoms with Gasteiger partial charge in [0.05, 0.1) is 13.2 Å². The fourth-order valence-electron chi connectivity index (χ4n) is 2.92. The van der Waals surface area contributed by atoms with E-state index in [2.05, 4.69) is 6.92 Å². The number of amides is 2. The van der Waals surface area contributed by atoms with Gasteiger partial charge in [-0.2, -0.15) is 0 Å². The van der Waals surface area contributed by atoms with Gasteiger partial charge in [0.2, 0.25) is 11.8 Å². The lowest BCUT2D eigenvalue weighted by Gasteiger charge is -2.38. The van der Waals surface area contributed by atoms with E-state index in [4.69, 9.17) is 16.2 Å². The van der Waals surface area contributed by atoms with Crippen molar-refractivity contribution in [2.24, 2.45) is 23.3 Å². The Morgan fingerprint density at radius 3 is 2.68 bits per heavy atom. The monoisotopic (exact) mass is 269 g/mol. The van der Waals surface area contributed by atoms with Crippen molar-refractivity contribution in [2.75, 3.05) is 19.8 Å². The number of carbonyl (C=O) groups is 2. The summed E-state index contributed by atoms with van der Waals surface area (Å²) in [5, 5.41) is 0. The van der Waals surface area contributed by atoms with Gasteiger partial charge in [-0.25, -0.2) is 0 Å². The molecule has 0 aromatic carbocycles. The fraction of sp³-hybridized carbons (Fsp3) is 0.846. The zero-order valence-corrected chi connectivity index (χ0v) is 11.4. The largest absolute Gasteiger partial charge is 0.377 e. The minimum atomic E-state index is -0.628. The number of nitrogens with two attached hydrogens (primary N) is 2. The number of ether oxygens (including phenoxy) is 1. The van der Waals surface area contributed by atoms with Crippen molar-refractivity contribution >= 4 is 11.8 Å². The number of hydrogen-bond donors (Lipinski definition) is 2. The molecule has 0 aromatic heterocycles. The zero-order chi connectivity index (χ0) is 14.0. The number of nitrogens with zero attached hydrogens (tertiary/aromatic N) is 1. The molecule has 0 bridgehead atoms. The number of carbonyl (C=O) groups excluding carboxylic acids is 2. The van der Waals surface area contributed by atoms with Crippen LogP contribution in [0.3, 0.4) is 0 Å². The van der Waals surface area contributed by atoms with E-state index in [1.807, 2.05) is 0 Å². The highest BCUT2D eigenvalue weighted by molar-refractivity contribution is 5.88. The Morgan fingerprint density at radius 2 is 2.05 bits per heavy atom. The van der Waals surface area contributed by atoms with E-state index in [1.54, 1.807) is 4.90 Å². The maximum Gasteiger partial charge on any atom is 0.242 e. The van der Waals surface area contributed by atoms with Gasteiger partial charge < -0.3 is 21.1 Å². The van der Waals surface area contributed by atoms with Gasteiger partial charge in [0.15, 0.2) is 0 Å². The van der Waals surface area contributed by atoms with Crippen molar-refractivity contribution in [1.29, 1.82) is 0 Å². The number of hydrogen-bond acceptors (Lipinski definition) is 4. The van der Waals surface area contributed by atoms with Crippen LogP contribution in [-0.2, 0) is 14.3 Å². The van der Waals surface area contributed by atoms with E-state index < -0.39 is 11.9 Å². The lowest BCUT2D eigenvalue weighted by atomic mass is 9.79. The van der Waals surface area contributed by atoms with Gasteiger partial charge in [0.25, 0.3) is 0 Å². The molecule has 4 N–H and O–H groups in total. The van der Waals surface area contributed by atoms with Crippen LogP contribution in [0.1, 0.15) is 26.2 Å². The van der Waals surface area contributed by atoms with Crippen molar-refractivity contribution in [3.05, 3.63) is 0 Å². The minimum Gasteiger partial charge on any atom is -0.377 e. The molecule has 1 aliphatic heterocycles. The summed E-state index contributed by atoms with van der Waals surface area (Å²) >= 11 is 0. The molecule has 0 aromatic rings. The molecule has 2 amide bonds. The molecule has 19 heavy (non-hydrogen) atoms. The maximum atomic E-state index is 12.5. The molecule has 6 heteroatoms. The molecule has 0 spiro atoms. The molecule has 4 atom stereocenters. The fourth-order valence-corrected chi connectivity index (χ4v) is 2.92. The van der Waals surface area contributed by atoms with Crippen molar-refractivity contribution in [3.8, 4) is 0 Å². The lowest BCUT2D eigenvalue weighted by Crippen LogP contribution is -2.57. The van der Waals surface area contributed by atoms with Gasteiger partial charge >= 0.3 is 0 Å². The van der Waals surface area contributed by atoms with Gasteiger partial charge in [-0.1, -0.05) is 6.92 Å². The first-order valence-corrected chi connectivity index (χ1v) is 6.93. The molecule has 4 unspecified atom stereocenters. The summed E-state index contributed by atoms with van der Waals surface area (Å²) in [4.78, 5) is 25.5. The van der Waals surface area contributed by atoms with Crippen LogP contribution in [0.15, 0.2) is 0 Å². The molecular formula is C13H23N3O3. The van der Waals surface area contributed by atoms with E-state index in [-0.39, 0.29) is 24.5 Å². The zero-order valence-electron chi connectivity index (χ0n) is 11.4. The third kappa shape index (κ3) is 3.06. The van der Waals surface area contributed by atoms with Gasteiger partial charge in [-0.15, -0.1) is 0 Å². The summed E-state index contributed by atoms with van der Waals surface area (Å²) in [6, 6.07) is -0.562. The summed E-state index contributed by atoms with van der Waals surface area (Å²) in [7, 11) is 0. The molecule has 2 aliphatic rings. The number of primary amides is 1. The maximum absolute atomic E-state index is 12.5. The van der Waals surface area contributed by atoms with Gasteiger partial charge in [0, 0.05) is 18.5 Å². The first-order valence-electron chi connectivity index (χ1n) is 6.93.